The normalized spacial score (nSPS) is 13.6. The summed E-state index contributed by atoms with van der Waals surface area (Å²) in [6.45, 7) is 0.701. The van der Waals surface area contributed by atoms with Crippen LogP contribution in [0, 0.1) is 0 Å². The Bertz CT molecular complexity index is 766. The largest absolute Gasteiger partial charge is 0.497 e. The highest BCUT2D eigenvalue weighted by Crippen LogP contribution is 2.38. The van der Waals surface area contributed by atoms with Gasteiger partial charge in [0.15, 0.2) is 0 Å². The van der Waals surface area contributed by atoms with Crippen LogP contribution in [-0.2, 0) is 6.54 Å². The number of nitrogens with zero attached hydrogens (tertiary/aromatic N) is 2. The Kier molecular flexibility index (Phi) is 4.41. The Morgan fingerprint density at radius 3 is 2.91 bits per heavy atom. The maximum atomic E-state index is 12.1. The van der Waals surface area contributed by atoms with Gasteiger partial charge >= 0.3 is 0 Å². The molecule has 1 aliphatic rings. The van der Waals surface area contributed by atoms with Crippen molar-refractivity contribution in [2.75, 3.05) is 13.7 Å². The van der Waals surface area contributed by atoms with E-state index in [1.165, 1.54) is 4.68 Å². The quantitative estimate of drug-likeness (QED) is 0.878. The molecular formula is C17H19N3O3. The van der Waals surface area contributed by atoms with Crippen molar-refractivity contribution in [3.63, 3.8) is 0 Å². The summed E-state index contributed by atoms with van der Waals surface area (Å²) in [6.07, 6.45) is 2.27. The summed E-state index contributed by atoms with van der Waals surface area (Å²) in [7, 11) is 1.56. The van der Waals surface area contributed by atoms with E-state index < -0.39 is 0 Å². The number of ether oxygens (including phenoxy) is 1. The number of carbonyl (C=O) groups excluding carboxylic acids is 1. The summed E-state index contributed by atoms with van der Waals surface area (Å²) in [5, 5.41) is 7.16. The molecule has 23 heavy (non-hydrogen) atoms. The number of nitrogens with one attached hydrogen (secondary N) is 1. The predicted octanol–water partition coefficient (Wildman–Crippen LogP) is 1.56. The lowest BCUT2D eigenvalue weighted by atomic mass is 10.2. The van der Waals surface area contributed by atoms with E-state index in [2.05, 4.69) is 10.4 Å². The minimum absolute atomic E-state index is 0.148. The van der Waals surface area contributed by atoms with Gasteiger partial charge in [0, 0.05) is 24.1 Å². The molecular weight excluding hydrogens is 294 g/mol. The maximum absolute atomic E-state index is 12.1. The van der Waals surface area contributed by atoms with Crippen LogP contribution in [-0.4, -0.2) is 29.3 Å². The fourth-order valence-corrected chi connectivity index (χ4v) is 2.36. The van der Waals surface area contributed by atoms with E-state index in [1.807, 2.05) is 0 Å². The molecule has 2 aromatic rings. The molecule has 1 amide bonds. The Morgan fingerprint density at radius 2 is 2.17 bits per heavy atom. The van der Waals surface area contributed by atoms with Gasteiger partial charge in [0.1, 0.15) is 5.75 Å². The lowest BCUT2D eigenvalue weighted by Gasteiger charge is -2.09. The van der Waals surface area contributed by atoms with Gasteiger partial charge < -0.3 is 10.1 Å². The van der Waals surface area contributed by atoms with E-state index >= 15 is 0 Å². The van der Waals surface area contributed by atoms with Gasteiger partial charge in [0.05, 0.1) is 19.3 Å². The Hall–Kier alpha value is -2.63. The van der Waals surface area contributed by atoms with Crippen molar-refractivity contribution >= 4 is 5.91 Å². The Morgan fingerprint density at radius 1 is 1.35 bits per heavy atom. The molecule has 1 aliphatic carbocycles. The van der Waals surface area contributed by atoms with Crippen molar-refractivity contribution in [2.24, 2.45) is 0 Å². The maximum Gasteiger partial charge on any atom is 0.266 e. The van der Waals surface area contributed by atoms with Gasteiger partial charge in [-0.2, -0.15) is 5.10 Å². The van der Waals surface area contributed by atoms with Gasteiger partial charge in [-0.25, -0.2) is 4.68 Å². The number of amides is 1. The number of hydrogen-bond donors (Lipinski definition) is 1. The second-order valence-electron chi connectivity index (χ2n) is 5.58. The molecule has 3 rings (SSSR count). The fraction of sp³-hybridized carbons (Fsp3) is 0.353. The SMILES string of the molecule is COc1cccc(C(=O)NCCn2nc(C3CC3)ccc2=O)c1. The molecule has 120 valence electrons. The van der Waals surface area contributed by atoms with Crippen molar-refractivity contribution < 1.29 is 9.53 Å². The Labute approximate surface area is 134 Å². The summed E-state index contributed by atoms with van der Waals surface area (Å²) < 4.78 is 6.52. The van der Waals surface area contributed by atoms with Crippen molar-refractivity contribution in [3.8, 4) is 5.75 Å². The third-order valence-electron chi connectivity index (χ3n) is 3.82. The molecule has 6 nitrogen and oxygen atoms in total. The monoisotopic (exact) mass is 313 g/mol. The van der Waals surface area contributed by atoms with Crippen LogP contribution in [0.5, 0.6) is 5.75 Å². The summed E-state index contributed by atoms with van der Waals surface area (Å²) in [4.78, 5) is 23.9. The summed E-state index contributed by atoms with van der Waals surface area (Å²) in [6, 6.07) is 10.3. The van der Waals surface area contributed by atoms with Crippen molar-refractivity contribution in [3.05, 3.63) is 58.0 Å². The molecule has 1 aromatic heterocycles. The van der Waals surface area contributed by atoms with E-state index in [-0.39, 0.29) is 11.5 Å². The highest BCUT2D eigenvalue weighted by Gasteiger charge is 2.25. The lowest BCUT2D eigenvalue weighted by Crippen LogP contribution is -2.32. The molecule has 0 radical (unpaired) electrons. The molecule has 0 aliphatic heterocycles. The van der Waals surface area contributed by atoms with Crippen molar-refractivity contribution in [1.29, 1.82) is 0 Å². The summed E-state index contributed by atoms with van der Waals surface area (Å²) in [5.41, 5.74) is 1.34. The molecule has 0 saturated heterocycles. The minimum Gasteiger partial charge on any atom is -0.497 e. The van der Waals surface area contributed by atoms with Gasteiger partial charge in [0.25, 0.3) is 11.5 Å². The standard InChI is InChI=1S/C17H19N3O3/c1-23-14-4-2-3-13(11-14)17(22)18-9-10-20-16(21)8-7-15(19-20)12-5-6-12/h2-4,7-8,11-12H,5-6,9-10H2,1H3,(H,18,22). The average Bonchev–Trinajstić information content (AvgIpc) is 3.41. The van der Waals surface area contributed by atoms with E-state index in [1.54, 1.807) is 43.5 Å². The molecule has 0 unspecified atom stereocenters. The number of methoxy groups -OCH3 is 1. The molecule has 6 heteroatoms. The van der Waals surface area contributed by atoms with Crippen LogP contribution in [0.4, 0.5) is 0 Å². The van der Waals surface area contributed by atoms with Crippen LogP contribution in [0.3, 0.4) is 0 Å². The highest BCUT2D eigenvalue weighted by atomic mass is 16.5. The molecule has 1 aromatic carbocycles. The van der Waals surface area contributed by atoms with E-state index in [0.717, 1.165) is 18.5 Å². The first-order chi connectivity index (χ1) is 11.2. The second-order valence-corrected chi connectivity index (χ2v) is 5.58. The fourth-order valence-electron chi connectivity index (χ4n) is 2.36. The van der Waals surface area contributed by atoms with Crippen molar-refractivity contribution in [1.82, 2.24) is 15.1 Å². The molecule has 1 heterocycles. The minimum atomic E-state index is -0.199. The molecule has 1 N–H and O–H groups in total. The van der Waals surface area contributed by atoms with E-state index in [0.29, 0.717) is 30.3 Å². The third-order valence-corrected chi connectivity index (χ3v) is 3.82. The summed E-state index contributed by atoms with van der Waals surface area (Å²) >= 11 is 0. The zero-order chi connectivity index (χ0) is 16.2. The highest BCUT2D eigenvalue weighted by molar-refractivity contribution is 5.94. The number of aromatic nitrogens is 2. The molecule has 0 atom stereocenters. The first kappa shape index (κ1) is 15.3. The molecule has 1 saturated carbocycles. The first-order valence-corrected chi connectivity index (χ1v) is 7.67. The lowest BCUT2D eigenvalue weighted by molar-refractivity contribution is 0.0951. The zero-order valence-electron chi connectivity index (χ0n) is 13.0. The van der Waals surface area contributed by atoms with Crippen LogP contribution >= 0.6 is 0 Å². The predicted molar refractivity (Wildman–Crippen MR) is 85.8 cm³/mol. The molecule has 1 fully saturated rings. The van der Waals surface area contributed by atoms with E-state index in [4.69, 9.17) is 4.74 Å². The van der Waals surface area contributed by atoms with Crippen LogP contribution in [0.2, 0.25) is 0 Å². The van der Waals surface area contributed by atoms with Crippen LogP contribution in [0.15, 0.2) is 41.2 Å². The van der Waals surface area contributed by atoms with Gasteiger partial charge in [-0.15, -0.1) is 0 Å². The molecule has 0 bridgehead atoms. The second kappa shape index (κ2) is 6.64. The smallest absolute Gasteiger partial charge is 0.266 e. The number of rotatable bonds is 6. The van der Waals surface area contributed by atoms with Crippen LogP contribution in [0.1, 0.15) is 34.8 Å². The van der Waals surface area contributed by atoms with Crippen LogP contribution < -0.4 is 15.6 Å². The zero-order valence-corrected chi connectivity index (χ0v) is 13.0. The van der Waals surface area contributed by atoms with Crippen molar-refractivity contribution in [2.45, 2.75) is 25.3 Å². The van der Waals surface area contributed by atoms with Gasteiger partial charge in [-0.05, 0) is 37.1 Å². The van der Waals surface area contributed by atoms with E-state index in [9.17, 15) is 9.59 Å². The van der Waals surface area contributed by atoms with Gasteiger partial charge in [-0.1, -0.05) is 6.07 Å². The summed E-state index contributed by atoms with van der Waals surface area (Å²) in [5.74, 6) is 0.927. The number of benzene rings is 1. The molecule has 0 spiro atoms. The van der Waals surface area contributed by atoms with Gasteiger partial charge in [-0.3, -0.25) is 9.59 Å². The topological polar surface area (TPSA) is 73.2 Å². The Balaban J connectivity index is 1.59. The first-order valence-electron chi connectivity index (χ1n) is 7.67. The van der Waals surface area contributed by atoms with Gasteiger partial charge in [0.2, 0.25) is 0 Å². The number of hydrogen-bond acceptors (Lipinski definition) is 4. The van der Waals surface area contributed by atoms with Crippen LogP contribution in [0.25, 0.3) is 0 Å². The number of carbonyl (C=O) groups is 1. The third kappa shape index (κ3) is 3.77. The average molecular weight is 313 g/mol.